The Kier molecular flexibility index (Phi) is 10.6. The van der Waals surface area contributed by atoms with Crippen LogP contribution in [-0.2, 0) is 14.3 Å². The predicted molar refractivity (Wildman–Crippen MR) is 90.4 cm³/mol. The van der Waals surface area contributed by atoms with Crippen LogP contribution in [0.3, 0.4) is 0 Å². The van der Waals surface area contributed by atoms with Gasteiger partial charge in [-0.3, -0.25) is 4.79 Å². The molecule has 0 saturated carbocycles. The zero-order chi connectivity index (χ0) is 21.4. The van der Waals surface area contributed by atoms with Gasteiger partial charge in [0.2, 0.25) is 0 Å². The Morgan fingerprint density at radius 1 is 1.11 bits per heavy atom. The Balaban J connectivity index is 2.88. The maximum Gasteiger partial charge on any atom is 0.251 e. The van der Waals surface area contributed by atoms with Crippen LogP contribution in [0, 0.1) is 0 Å². The standard InChI is InChI=1S/C15H30N2O11/c16-2-1-3-17-14(26)11(24)10(23)13(6(20)4-18)28-15-12(25)9(22)8(21)7(5-19)27-15/h6-13,15,18-25H,1-5,16H2,(H,17,26)/t6-,7-,8-,9+,10-,11-,12-,13-,15-/m1/s1. The molecule has 0 spiro atoms. The van der Waals surface area contributed by atoms with E-state index >= 15 is 0 Å². The number of carbonyl (C=O) groups excluding carboxylic acids is 1. The van der Waals surface area contributed by atoms with E-state index in [0.717, 1.165) is 0 Å². The van der Waals surface area contributed by atoms with Crippen molar-refractivity contribution in [3.63, 3.8) is 0 Å². The summed E-state index contributed by atoms with van der Waals surface area (Å²) in [6, 6.07) is 0. The molecule has 13 heteroatoms. The summed E-state index contributed by atoms with van der Waals surface area (Å²) in [4.78, 5) is 11.9. The highest BCUT2D eigenvalue weighted by atomic mass is 16.7. The number of rotatable bonds is 11. The molecule has 1 amide bonds. The van der Waals surface area contributed by atoms with Crippen molar-refractivity contribution in [2.75, 3.05) is 26.3 Å². The third-order valence-corrected chi connectivity index (χ3v) is 4.31. The molecule has 1 heterocycles. The Bertz CT molecular complexity index is 469. The van der Waals surface area contributed by atoms with E-state index in [2.05, 4.69) is 5.32 Å². The van der Waals surface area contributed by atoms with Crippen molar-refractivity contribution in [1.29, 1.82) is 0 Å². The van der Waals surface area contributed by atoms with Gasteiger partial charge in [0.05, 0.1) is 13.2 Å². The van der Waals surface area contributed by atoms with Gasteiger partial charge in [-0.2, -0.15) is 0 Å². The molecule has 0 radical (unpaired) electrons. The van der Waals surface area contributed by atoms with Gasteiger partial charge in [-0.15, -0.1) is 0 Å². The zero-order valence-corrected chi connectivity index (χ0v) is 15.1. The molecule has 0 unspecified atom stereocenters. The summed E-state index contributed by atoms with van der Waals surface area (Å²) in [7, 11) is 0. The summed E-state index contributed by atoms with van der Waals surface area (Å²) in [5.74, 6) is -0.992. The monoisotopic (exact) mass is 414 g/mol. The second-order valence-corrected chi connectivity index (χ2v) is 6.42. The number of ether oxygens (including phenoxy) is 2. The van der Waals surface area contributed by atoms with Gasteiger partial charge in [-0.05, 0) is 13.0 Å². The molecule has 0 aromatic carbocycles. The third-order valence-electron chi connectivity index (χ3n) is 4.31. The van der Waals surface area contributed by atoms with E-state index in [4.69, 9.17) is 20.3 Å². The van der Waals surface area contributed by atoms with Gasteiger partial charge >= 0.3 is 0 Å². The third kappa shape index (κ3) is 6.27. The van der Waals surface area contributed by atoms with Crippen molar-refractivity contribution in [3.8, 4) is 0 Å². The van der Waals surface area contributed by atoms with Crippen LogP contribution >= 0.6 is 0 Å². The quantitative estimate of drug-likeness (QED) is 0.142. The van der Waals surface area contributed by atoms with E-state index < -0.39 is 74.2 Å². The maximum atomic E-state index is 11.9. The Morgan fingerprint density at radius 2 is 1.75 bits per heavy atom. The van der Waals surface area contributed by atoms with Crippen molar-refractivity contribution in [3.05, 3.63) is 0 Å². The van der Waals surface area contributed by atoms with Crippen LogP contribution in [0.2, 0.25) is 0 Å². The van der Waals surface area contributed by atoms with E-state index in [0.29, 0.717) is 6.42 Å². The van der Waals surface area contributed by atoms with Gasteiger partial charge in [-0.25, -0.2) is 0 Å². The summed E-state index contributed by atoms with van der Waals surface area (Å²) in [6.07, 6.45) is -15.8. The lowest BCUT2D eigenvalue weighted by molar-refractivity contribution is -0.326. The van der Waals surface area contributed by atoms with E-state index in [9.17, 15) is 40.5 Å². The SMILES string of the molecule is NCCCNC(=O)[C@H](O)[C@@H](O)[C@H](O[C@H]1O[C@H](CO)[C@@H](O)[C@H](O)[C@H]1O)[C@H](O)CO. The van der Waals surface area contributed by atoms with Crippen LogP contribution in [0.4, 0.5) is 0 Å². The Morgan fingerprint density at radius 3 is 2.29 bits per heavy atom. The highest BCUT2D eigenvalue weighted by Crippen LogP contribution is 2.25. The van der Waals surface area contributed by atoms with E-state index in [-0.39, 0.29) is 13.1 Å². The number of aliphatic hydroxyl groups is 8. The van der Waals surface area contributed by atoms with Gasteiger partial charge in [0, 0.05) is 6.54 Å². The van der Waals surface area contributed by atoms with Crippen molar-refractivity contribution in [2.45, 2.75) is 61.5 Å². The van der Waals surface area contributed by atoms with Crippen molar-refractivity contribution in [2.24, 2.45) is 5.73 Å². The fourth-order valence-corrected chi connectivity index (χ4v) is 2.59. The van der Waals surface area contributed by atoms with E-state index in [1.807, 2.05) is 0 Å². The number of carbonyl (C=O) groups is 1. The summed E-state index contributed by atoms with van der Waals surface area (Å²) >= 11 is 0. The van der Waals surface area contributed by atoms with Crippen LogP contribution in [0.15, 0.2) is 0 Å². The van der Waals surface area contributed by atoms with Crippen molar-refractivity contribution < 1.29 is 55.1 Å². The molecule has 0 aromatic rings. The molecule has 1 fully saturated rings. The van der Waals surface area contributed by atoms with Gasteiger partial charge in [0.1, 0.15) is 42.7 Å². The molecule has 1 aliphatic rings. The van der Waals surface area contributed by atoms with E-state index in [1.165, 1.54) is 0 Å². The van der Waals surface area contributed by atoms with Gasteiger partial charge < -0.3 is 61.4 Å². The maximum absolute atomic E-state index is 11.9. The number of nitrogens with one attached hydrogen (secondary N) is 1. The molecule has 13 nitrogen and oxygen atoms in total. The predicted octanol–water partition coefficient (Wildman–Crippen LogP) is -6.29. The largest absolute Gasteiger partial charge is 0.394 e. The lowest BCUT2D eigenvalue weighted by atomic mass is 9.98. The van der Waals surface area contributed by atoms with E-state index in [1.54, 1.807) is 0 Å². The van der Waals surface area contributed by atoms with Crippen LogP contribution in [0.25, 0.3) is 0 Å². The zero-order valence-electron chi connectivity index (χ0n) is 15.1. The van der Waals surface area contributed by atoms with Crippen LogP contribution < -0.4 is 11.1 Å². The minimum atomic E-state index is -2.08. The second-order valence-electron chi connectivity index (χ2n) is 6.42. The normalized spacial score (nSPS) is 32.4. The molecule has 1 saturated heterocycles. The molecular formula is C15H30N2O11. The molecule has 0 aliphatic carbocycles. The molecule has 0 aromatic heterocycles. The minimum Gasteiger partial charge on any atom is -0.394 e. The van der Waals surface area contributed by atoms with Gasteiger partial charge in [-0.1, -0.05) is 0 Å². The molecule has 1 aliphatic heterocycles. The van der Waals surface area contributed by atoms with Crippen molar-refractivity contribution in [1.82, 2.24) is 5.32 Å². The highest BCUT2D eigenvalue weighted by Gasteiger charge is 2.47. The molecule has 9 atom stereocenters. The first kappa shape index (κ1) is 25.1. The first-order chi connectivity index (χ1) is 13.2. The molecule has 166 valence electrons. The summed E-state index contributed by atoms with van der Waals surface area (Å²) in [5.41, 5.74) is 5.28. The van der Waals surface area contributed by atoms with Crippen LogP contribution in [0.1, 0.15) is 6.42 Å². The molecule has 28 heavy (non-hydrogen) atoms. The number of amides is 1. The van der Waals surface area contributed by atoms with Crippen molar-refractivity contribution >= 4 is 5.91 Å². The topological polar surface area (TPSA) is 235 Å². The summed E-state index contributed by atoms with van der Waals surface area (Å²) < 4.78 is 10.3. The highest BCUT2D eigenvalue weighted by molar-refractivity contribution is 5.81. The fraction of sp³-hybridized carbons (Fsp3) is 0.933. The average Bonchev–Trinajstić information content (AvgIpc) is 2.70. The molecule has 0 bridgehead atoms. The first-order valence-corrected chi connectivity index (χ1v) is 8.78. The number of nitrogens with two attached hydrogens (primary N) is 1. The van der Waals surface area contributed by atoms with Gasteiger partial charge in [0.25, 0.3) is 5.91 Å². The molecular weight excluding hydrogens is 384 g/mol. The fourth-order valence-electron chi connectivity index (χ4n) is 2.59. The molecule has 11 N–H and O–H groups in total. The lowest BCUT2D eigenvalue weighted by Gasteiger charge is -2.42. The number of hydrogen-bond donors (Lipinski definition) is 10. The Labute approximate surface area is 160 Å². The Hall–Kier alpha value is -0.970. The number of hydrogen-bond acceptors (Lipinski definition) is 12. The van der Waals surface area contributed by atoms with Gasteiger partial charge in [0.15, 0.2) is 12.4 Å². The van der Waals surface area contributed by atoms with Crippen LogP contribution in [0.5, 0.6) is 0 Å². The first-order valence-electron chi connectivity index (χ1n) is 8.78. The molecule has 1 rings (SSSR count). The number of aliphatic hydroxyl groups excluding tert-OH is 8. The average molecular weight is 414 g/mol. The summed E-state index contributed by atoms with van der Waals surface area (Å²) in [5, 5.41) is 80.2. The second kappa shape index (κ2) is 11.9. The lowest BCUT2D eigenvalue weighted by Crippen LogP contribution is -2.62. The minimum absolute atomic E-state index is 0.125. The van der Waals surface area contributed by atoms with Crippen LogP contribution in [-0.4, -0.2) is 128 Å². The smallest absolute Gasteiger partial charge is 0.251 e. The summed E-state index contributed by atoms with van der Waals surface area (Å²) in [6.45, 7) is -1.28.